The van der Waals surface area contributed by atoms with Gasteiger partial charge >= 0.3 is 12.0 Å². The number of carboxylic acids is 1. The Balaban J connectivity index is 1.52. The third-order valence-corrected chi connectivity index (χ3v) is 7.09. The SMILES string of the molecule is CCOC(Cc1ccc(OCCN(CCCCC2CCCCC2)C(=O)Nc2ccc(F)c(F)c2)cc1)C(=O)O. The van der Waals surface area contributed by atoms with Crippen molar-refractivity contribution in [3.63, 3.8) is 0 Å². The monoisotopic (exact) mass is 546 g/mol. The van der Waals surface area contributed by atoms with Crippen LogP contribution in [0.25, 0.3) is 0 Å². The first-order valence-corrected chi connectivity index (χ1v) is 13.9. The summed E-state index contributed by atoms with van der Waals surface area (Å²) in [4.78, 5) is 25.9. The van der Waals surface area contributed by atoms with Gasteiger partial charge < -0.3 is 24.8 Å². The van der Waals surface area contributed by atoms with Crippen LogP contribution in [0.15, 0.2) is 42.5 Å². The Morgan fingerprint density at radius 3 is 2.44 bits per heavy atom. The Hall–Kier alpha value is -3.20. The number of halogens is 2. The minimum Gasteiger partial charge on any atom is -0.492 e. The molecule has 0 radical (unpaired) electrons. The van der Waals surface area contributed by atoms with Crippen LogP contribution in [0.4, 0.5) is 19.3 Å². The smallest absolute Gasteiger partial charge is 0.333 e. The molecule has 1 aliphatic rings. The first kappa shape index (κ1) is 30.3. The van der Waals surface area contributed by atoms with E-state index in [1.807, 2.05) is 0 Å². The fourth-order valence-electron chi connectivity index (χ4n) is 4.93. The van der Waals surface area contributed by atoms with Crippen LogP contribution in [0.1, 0.15) is 63.9 Å². The van der Waals surface area contributed by atoms with E-state index in [4.69, 9.17) is 9.47 Å². The van der Waals surface area contributed by atoms with Crippen LogP contribution in [-0.4, -0.2) is 54.4 Å². The van der Waals surface area contributed by atoms with Crippen molar-refractivity contribution in [2.75, 3.05) is 31.6 Å². The number of nitrogens with zero attached hydrogens (tertiary/aromatic N) is 1. The molecule has 2 N–H and O–H groups in total. The Kier molecular flexibility index (Phi) is 12.5. The highest BCUT2D eigenvalue weighted by Crippen LogP contribution is 2.27. The summed E-state index contributed by atoms with van der Waals surface area (Å²) in [6, 6.07) is 9.99. The number of hydrogen-bond donors (Lipinski definition) is 2. The van der Waals surface area contributed by atoms with E-state index in [2.05, 4.69) is 5.32 Å². The molecule has 39 heavy (non-hydrogen) atoms. The predicted molar refractivity (Wildman–Crippen MR) is 146 cm³/mol. The van der Waals surface area contributed by atoms with Crippen molar-refractivity contribution in [1.82, 2.24) is 4.90 Å². The Morgan fingerprint density at radius 1 is 1.03 bits per heavy atom. The zero-order chi connectivity index (χ0) is 28.0. The molecule has 0 aromatic heterocycles. The summed E-state index contributed by atoms with van der Waals surface area (Å²) in [7, 11) is 0. The lowest BCUT2D eigenvalue weighted by atomic mass is 9.86. The number of unbranched alkanes of at least 4 members (excludes halogenated alkanes) is 1. The maximum absolute atomic E-state index is 13.6. The van der Waals surface area contributed by atoms with Crippen LogP contribution < -0.4 is 10.1 Å². The van der Waals surface area contributed by atoms with E-state index in [-0.39, 0.29) is 18.7 Å². The average molecular weight is 547 g/mol. The molecule has 9 heteroatoms. The van der Waals surface area contributed by atoms with Gasteiger partial charge in [0.15, 0.2) is 17.7 Å². The van der Waals surface area contributed by atoms with Gasteiger partial charge in [-0.1, -0.05) is 57.1 Å². The van der Waals surface area contributed by atoms with Crippen molar-refractivity contribution in [3.8, 4) is 5.75 Å². The normalized spacial score (nSPS) is 14.5. The van der Waals surface area contributed by atoms with Crippen LogP contribution in [-0.2, 0) is 16.0 Å². The second-order valence-electron chi connectivity index (χ2n) is 10.0. The molecule has 0 saturated heterocycles. The van der Waals surface area contributed by atoms with E-state index in [0.717, 1.165) is 42.9 Å². The summed E-state index contributed by atoms with van der Waals surface area (Å²) >= 11 is 0. The largest absolute Gasteiger partial charge is 0.492 e. The van der Waals surface area contributed by atoms with Gasteiger partial charge in [-0.05, 0) is 49.1 Å². The summed E-state index contributed by atoms with van der Waals surface area (Å²) in [5.74, 6) is -1.62. The van der Waals surface area contributed by atoms with Gasteiger partial charge in [-0.2, -0.15) is 0 Å². The van der Waals surface area contributed by atoms with Crippen molar-refractivity contribution in [2.24, 2.45) is 5.92 Å². The van der Waals surface area contributed by atoms with Crippen molar-refractivity contribution < 1.29 is 33.0 Å². The van der Waals surface area contributed by atoms with Gasteiger partial charge in [0.1, 0.15) is 12.4 Å². The second kappa shape index (κ2) is 16.0. The number of aliphatic carboxylic acids is 1. The average Bonchev–Trinajstić information content (AvgIpc) is 2.93. The molecule has 2 aromatic carbocycles. The second-order valence-corrected chi connectivity index (χ2v) is 10.0. The molecule has 1 saturated carbocycles. The number of nitrogens with one attached hydrogen (secondary N) is 1. The maximum Gasteiger partial charge on any atom is 0.333 e. The highest BCUT2D eigenvalue weighted by atomic mass is 19.2. The summed E-state index contributed by atoms with van der Waals surface area (Å²) in [5, 5.41) is 11.9. The maximum atomic E-state index is 13.6. The van der Waals surface area contributed by atoms with E-state index in [1.165, 1.54) is 38.2 Å². The highest BCUT2D eigenvalue weighted by molar-refractivity contribution is 5.89. The van der Waals surface area contributed by atoms with E-state index in [1.54, 1.807) is 36.1 Å². The van der Waals surface area contributed by atoms with E-state index in [0.29, 0.717) is 25.4 Å². The van der Waals surface area contributed by atoms with Gasteiger partial charge in [-0.15, -0.1) is 0 Å². The Labute approximate surface area is 229 Å². The topological polar surface area (TPSA) is 88.1 Å². The molecule has 1 unspecified atom stereocenters. The van der Waals surface area contributed by atoms with Gasteiger partial charge in [0.2, 0.25) is 0 Å². The molecule has 0 heterocycles. The van der Waals surface area contributed by atoms with Gasteiger partial charge in [0.05, 0.1) is 6.54 Å². The molecule has 2 amide bonds. The fraction of sp³-hybridized carbons (Fsp3) is 0.533. The number of carboxylic acid groups (broad SMARTS) is 1. The van der Waals surface area contributed by atoms with Crippen LogP contribution in [0, 0.1) is 17.6 Å². The van der Waals surface area contributed by atoms with Gasteiger partial charge in [-0.25, -0.2) is 18.4 Å². The van der Waals surface area contributed by atoms with Crippen molar-refractivity contribution in [1.29, 1.82) is 0 Å². The molecule has 0 aliphatic heterocycles. The minimum absolute atomic E-state index is 0.189. The number of carbonyl (C=O) groups excluding carboxylic acids is 1. The van der Waals surface area contributed by atoms with Crippen LogP contribution >= 0.6 is 0 Å². The molecule has 0 spiro atoms. The molecule has 1 fully saturated rings. The summed E-state index contributed by atoms with van der Waals surface area (Å²) in [6.07, 6.45) is 8.90. The minimum atomic E-state index is -1.02. The zero-order valence-corrected chi connectivity index (χ0v) is 22.7. The Morgan fingerprint density at radius 2 is 1.77 bits per heavy atom. The first-order valence-electron chi connectivity index (χ1n) is 13.9. The summed E-state index contributed by atoms with van der Waals surface area (Å²) in [6.45, 7) is 3.15. The summed E-state index contributed by atoms with van der Waals surface area (Å²) < 4.78 is 38.0. The zero-order valence-electron chi connectivity index (χ0n) is 22.7. The van der Waals surface area contributed by atoms with Crippen molar-refractivity contribution in [3.05, 3.63) is 59.7 Å². The number of amides is 2. The number of carbonyl (C=O) groups is 2. The molecular weight excluding hydrogens is 506 g/mol. The quantitative estimate of drug-likeness (QED) is 0.244. The molecule has 2 aromatic rings. The number of ether oxygens (including phenoxy) is 2. The Bertz CT molecular complexity index is 1040. The first-order chi connectivity index (χ1) is 18.9. The van der Waals surface area contributed by atoms with E-state index >= 15 is 0 Å². The van der Waals surface area contributed by atoms with E-state index in [9.17, 15) is 23.5 Å². The van der Waals surface area contributed by atoms with Crippen molar-refractivity contribution in [2.45, 2.75) is 70.8 Å². The van der Waals surface area contributed by atoms with Crippen molar-refractivity contribution >= 4 is 17.7 Å². The number of urea groups is 1. The molecule has 214 valence electrons. The van der Waals surface area contributed by atoms with Crippen LogP contribution in [0.2, 0.25) is 0 Å². The molecule has 7 nitrogen and oxygen atoms in total. The highest BCUT2D eigenvalue weighted by Gasteiger charge is 2.19. The lowest BCUT2D eigenvalue weighted by molar-refractivity contribution is -0.149. The van der Waals surface area contributed by atoms with E-state index < -0.39 is 29.7 Å². The van der Waals surface area contributed by atoms with Gasteiger partial charge in [0, 0.05) is 31.3 Å². The molecular formula is C30H40F2N2O5. The fourth-order valence-corrected chi connectivity index (χ4v) is 4.93. The lowest BCUT2D eigenvalue weighted by Gasteiger charge is -2.25. The number of rotatable bonds is 15. The molecule has 0 bridgehead atoms. The predicted octanol–water partition coefficient (Wildman–Crippen LogP) is 6.66. The third kappa shape index (κ3) is 10.5. The number of hydrogen-bond acceptors (Lipinski definition) is 4. The molecule has 1 atom stereocenters. The number of benzene rings is 2. The lowest BCUT2D eigenvalue weighted by Crippen LogP contribution is -2.38. The molecule has 3 rings (SSSR count). The molecule has 1 aliphatic carbocycles. The van der Waals surface area contributed by atoms with Gasteiger partial charge in [-0.3, -0.25) is 0 Å². The van der Waals surface area contributed by atoms with Crippen LogP contribution in [0.3, 0.4) is 0 Å². The standard InChI is InChI=1S/C30H40F2N2O5/c1-2-38-28(29(35)36)20-23-11-14-25(15-12-23)39-19-18-34(17-7-6-10-22-8-4-3-5-9-22)30(37)33-24-13-16-26(31)27(32)21-24/h11-16,21-22,28H,2-10,17-20H2,1H3,(H,33,37)(H,35,36). The van der Waals surface area contributed by atoms with Crippen LogP contribution in [0.5, 0.6) is 5.75 Å². The third-order valence-electron chi connectivity index (χ3n) is 7.09. The summed E-state index contributed by atoms with van der Waals surface area (Å²) in [5.41, 5.74) is 1.00. The number of anilines is 1. The van der Waals surface area contributed by atoms with Gasteiger partial charge in [0.25, 0.3) is 0 Å².